The van der Waals surface area contributed by atoms with Crippen LogP contribution in [0.3, 0.4) is 0 Å². The van der Waals surface area contributed by atoms with E-state index in [1.54, 1.807) is 0 Å². The minimum atomic E-state index is -1.17. The quantitative estimate of drug-likeness (QED) is 0.498. The summed E-state index contributed by atoms with van der Waals surface area (Å²) in [4.78, 5) is 10.4. The Kier molecular flexibility index (Phi) is 3.40. The van der Waals surface area contributed by atoms with Crippen molar-refractivity contribution in [1.29, 1.82) is 0 Å². The fourth-order valence-corrected chi connectivity index (χ4v) is 0.602. The Hall–Kier alpha value is -1.22. The summed E-state index contributed by atoms with van der Waals surface area (Å²) in [6.07, 6.45) is 1.11. The minimum Gasteiger partial charge on any atom is -0.478 e. The maximum Gasteiger partial charge on any atom is 0.337 e. The van der Waals surface area contributed by atoms with E-state index in [0.717, 1.165) is 6.08 Å². The van der Waals surface area contributed by atoms with Crippen LogP contribution in [-0.2, 0) is 4.79 Å². The van der Waals surface area contributed by atoms with Crippen LogP contribution in [0.1, 0.15) is 0 Å². The van der Waals surface area contributed by atoms with Crippen LogP contribution in [0.5, 0.6) is 0 Å². The third-order valence-electron chi connectivity index (χ3n) is 0.953. The van der Waals surface area contributed by atoms with E-state index >= 15 is 0 Å². The molecule has 0 saturated carbocycles. The molecule has 3 N–H and O–H groups in total. The highest BCUT2D eigenvalue weighted by Crippen LogP contribution is 2.14. The Balaban J connectivity index is 4.99. The van der Waals surface area contributed by atoms with Crippen LogP contribution in [0, 0.1) is 0 Å². The van der Waals surface area contributed by atoms with Crippen molar-refractivity contribution in [3.63, 3.8) is 0 Å². The number of halogens is 1. The van der Waals surface area contributed by atoms with Crippen LogP contribution < -0.4 is 5.73 Å². The van der Waals surface area contributed by atoms with Gasteiger partial charge in [0.1, 0.15) is 0 Å². The average molecular weight is 174 g/mol. The lowest BCUT2D eigenvalue weighted by molar-refractivity contribution is -0.132. The third kappa shape index (κ3) is 2.47. The highest BCUT2D eigenvalue weighted by molar-refractivity contribution is 6.34. The number of aliphatic carboxylic acids is 1. The lowest BCUT2D eigenvalue weighted by atomic mass is 10.2. The van der Waals surface area contributed by atoms with Gasteiger partial charge in [0.15, 0.2) is 0 Å². The molecular formula is C7H8ClNO2. The van der Waals surface area contributed by atoms with E-state index < -0.39 is 5.97 Å². The van der Waals surface area contributed by atoms with Gasteiger partial charge in [0, 0.05) is 5.70 Å². The smallest absolute Gasteiger partial charge is 0.337 e. The molecule has 0 saturated heterocycles. The highest BCUT2D eigenvalue weighted by atomic mass is 35.5. The van der Waals surface area contributed by atoms with Gasteiger partial charge in [-0.25, -0.2) is 4.79 Å². The van der Waals surface area contributed by atoms with Crippen LogP contribution in [0.25, 0.3) is 0 Å². The predicted molar refractivity (Wildman–Crippen MR) is 44.0 cm³/mol. The van der Waals surface area contributed by atoms with E-state index in [1.807, 2.05) is 0 Å². The molecule has 60 valence electrons. The zero-order valence-corrected chi connectivity index (χ0v) is 6.56. The fourth-order valence-electron chi connectivity index (χ4n) is 0.444. The standard InChI is InChI=1S/C7H8ClNO2/c1-3-5(7(10)11)6(8)4(2)9/h3H,1-2,9H2,(H,10,11)/b6-5-. The number of carboxylic acid groups (broad SMARTS) is 1. The molecule has 0 heterocycles. The third-order valence-corrected chi connectivity index (χ3v) is 1.40. The van der Waals surface area contributed by atoms with E-state index in [0.29, 0.717) is 0 Å². The zero-order chi connectivity index (χ0) is 9.02. The van der Waals surface area contributed by atoms with E-state index in [-0.39, 0.29) is 16.3 Å². The van der Waals surface area contributed by atoms with Gasteiger partial charge >= 0.3 is 5.97 Å². The summed E-state index contributed by atoms with van der Waals surface area (Å²) in [5, 5.41) is 8.41. The van der Waals surface area contributed by atoms with E-state index in [2.05, 4.69) is 13.2 Å². The van der Waals surface area contributed by atoms with Crippen LogP contribution in [0.4, 0.5) is 0 Å². The monoisotopic (exact) mass is 173 g/mol. The first-order chi connectivity index (χ1) is 5.00. The van der Waals surface area contributed by atoms with Gasteiger partial charge in [0.05, 0.1) is 10.6 Å². The molecule has 0 rings (SSSR count). The summed E-state index contributed by atoms with van der Waals surface area (Å²) in [6.45, 7) is 6.55. The second-order valence-corrected chi connectivity index (χ2v) is 2.14. The lowest BCUT2D eigenvalue weighted by Crippen LogP contribution is -2.04. The fraction of sp³-hybridized carbons (Fsp3) is 0. The molecule has 3 nitrogen and oxygen atoms in total. The first-order valence-corrected chi connectivity index (χ1v) is 3.08. The Morgan fingerprint density at radius 2 is 2.09 bits per heavy atom. The van der Waals surface area contributed by atoms with Gasteiger partial charge < -0.3 is 10.8 Å². The van der Waals surface area contributed by atoms with E-state index in [1.165, 1.54) is 0 Å². The molecule has 0 aliphatic rings. The van der Waals surface area contributed by atoms with E-state index in [9.17, 15) is 4.79 Å². The van der Waals surface area contributed by atoms with Crippen molar-refractivity contribution in [3.8, 4) is 0 Å². The largest absolute Gasteiger partial charge is 0.478 e. The maximum absolute atomic E-state index is 10.4. The van der Waals surface area contributed by atoms with Crippen molar-refractivity contribution in [1.82, 2.24) is 0 Å². The number of hydrogen-bond donors (Lipinski definition) is 2. The Bertz CT molecular complexity index is 243. The van der Waals surface area contributed by atoms with Gasteiger partial charge in [-0.1, -0.05) is 30.8 Å². The molecule has 0 bridgehead atoms. The highest BCUT2D eigenvalue weighted by Gasteiger charge is 2.09. The Labute approximate surface area is 69.5 Å². The van der Waals surface area contributed by atoms with Crippen molar-refractivity contribution in [2.24, 2.45) is 5.73 Å². The second kappa shape index (κ2) is 3.83. The number of rotatable bonds is 3. The first-order valence-electron chi connectivity index (χ1n) is 2.71. The summed E-state index contributed by atoms with van der Waals surface area (Å²) >= 11 is 5.48. The summed E-state index contributed by atoms with van der Waals surface area (Å²) < 4.78 is 0. The van der Waals surface area contributed by atoms with Crippen molar-refractivity contribution in [2.45, 2.75) is 0 Å². The van der Waals surface area contributed by atoms with Gasteiger partial charge in [-0.2, -0.15) is 0 Å². The summed E-state index contributed by atoms with van der Waals surface area (Å²) in [6, 6.07) is 0. The molecule has 0 aliphatic heterocycles. The zero-order valence-electron chi connectivity index (χ0n) is 5.80. The van der Waals surface area contributed by atoms with Gasteiger partial charge in [-0.05, 0) is 0 Å². The van der Waals surface area contributed by atoms with Gasteiger partial charge in [0.2, 0.25) is 0 Å². The molecular weight excluding hydrogens is 166 g/mol. The SMILES string of the molecule is C=C/C(C(=O)O)=C(/Cl)C(=C)N. The predicted octanol–water partition coefficient (Wildman–Crippen LogP) is 1.22. The topological polar surface area (TPSA) is 63.3 Å². The summed E-state index contributed by atoms with van der Waals surface area (Å²) in [5.41, 5.74) is 5.03. The summed E-state index contributed by atoms with van der Waals surface area (Å²) in [7, 11) is 0. The number of hydrogen-bond acceptors (Lipinski definition) is 2. The molecule has 0 spiro atoms. The lowest BCUT2D eigenvalue weighted by Gasteiger charge is -1.99. The molecule has 0 amide bonds. The van der Waals surface area contributed by atoms with Crippen LogP contribution in [0.15, 0.2) is 35.5 Å². The van der Waals surface area contributed by atoms with Crippen molar-refractivity contribution < 1.29 is 9.90 Å². The second-order valence-electron chi connectivity index (χ2n) is 1.76. The van der Waals surface area contributed by atoms with Crippen LogP contribution in [0.2, 0.25) is 0 Å². The average Bonchev–Trinajstić information content (AvgIpc) is 1.88. The molecule has 0 radical (unpaired) electrons. The van der Waals surface area contributed by atoms with Gasteiger partial charge in [0.25, 0.3) is 0 Å². The number of nitrogens with two attached hydrogens (primary N) is 1. The molecule has 0 aromatic carbocycles. The van der Waals surface area contributed by atoms with Crippen LogP contribution >= 0.6 is 11.6 Å². The minimum absolute atomic E-state index is 0.0176. The normalized spacial score (nSPS) is 11.7. The van der Waals surface area contributed by atoms with Crippen molar-refractivity contribution in [3.05, 3.63) is 35.5 Å². The van der Waals surface area contributed by atoms with Crippen molar-refractivity contribution >= 4 is 17.6 Å². The molecule has 0 aliphatic carbocycles. The first kappa shape index (κ1) is 9.78. The van der Waals surface area contributed by atoms with Gasteiger partial charge in [-0.3, -0.25) is 0 Å². The number of allylic oxidation sites excluding steroid dienone is 1. The molecule has 0 atom stereocenters. The Morgan fingerprint density at radius 3 is 2.18 bits per heavy atom. The van der Waals surface area contributed by atoms with Crippen LogP contribution in [-0.4, -0.2) is 11.1 Å². The molecule has 0 aromatic rings. The Morgan fingerprint density at radius 1 is 1.64 bits per heavy atom. The molecule has 0 fully saturated rings. The van der Waals surface area contributed by atoms with E-state index in [4.69, 9.17) is 22.4 Å². The summed E-state index contributed by atoms with van der Waals surface area (Å²) in [5.74, 6) is -1.17. The number of carbonyl (C=O) groups is 1. The number of carboxylic acids is 1. The maximum atomic E-state index is 10.4. The van der Waals surface area contributed by atoms with Gasteiger partial charge in [-0.15, -0.1) is 0 Å². The van der Waals surface area contributed by atoms with Crippen molar-refractivity contribution in [2.75, 3.05) is 0 Å². The molecule has 0 unspecified atom stereocenters. The molecule has 0 aromatic heterocycles. The molecule has 4 heteroatoms. The molecule has 11 heavy (non-hydrogen) atoms.